The zero-order valence-corrected chi connectivity index (χ0v) is 11.2. The standard InChI is InChI=1S/C6H15N3.2BF4.Cu/c1-2-8-5-6-9-4-3-7-1;2*2-1(3,4)5;/h7-9H,1-6H2;;;/q;2*-1;+2. The van der Waals surface area contributed by atoms with Crippen LogP contribution in [0.25, 0.3) is 0 Å². The van der Waals surface area contributed by atoms with Gasteiger partial charge >= 0.3 is 31.6 Å². The van der Waals surface area contributed by atoms with E-state index >= 15 is 0 Å². The molecule has 1 aliphatic rings. The molecule has 127 valence electrons. The zero-order chi connectivity index (χ0) is 15.4. The topological polar surface area (TPSA) is 36.1 Å². The molecule has 1 fully saturated rings. The van der Waals surface area contributed by atoms with Gasteiger partial charge in [0.2, 0.25) is 0 Å². The molecule has 0 aliphatic carbocycles. The first-order valence-electron chi connectivity index (χ1n) is 5.37. The van der Waals surface area contributed by atoms with Crippen LogP contribution in [0, 0.1) is 0 Å². The number of hydrogen-bond donors (Lipinski definition) is 3. The first-order valence-corrected chi connectivity index (χ1v) is 5.37. The summed E-state index contributed by atoms with van der Waals surface area (Å²) in [6, 6.07) is 0. The third-order valence-corrected chi connectivity index (χ3v) is 1.44. The average Bonchev–Trinajstić information content (AvgIpc) is 2.26. The molecular weight excluding hydrogens is 351 g/mol. The van der Waals surface area contributed by atoms with E-state index in [1.165, 1.54) is 0 Å². The first kappa shape index (κ1) is 25.0. The van der Waals surface area contributed by atoms with Crippen LogP contribution in [0.4, 0.5) is 34.5 Å². The minimum Gasteiger partial charge on any atom is -0.418 e. The first-order chi connectivity index (χ1) is 8.50. The minimum atomic E-state index is -6.00. The van der Waals surface area contributed by atoms with Crippen LogP contribution in [0.15, 0.2) is 0 Å². The Morgan fingerprint density at radius 1 is 0.450 bits per heavy atom. The summed E-state index contributed by atoms with van der Waals surface area (Å²) in [6.07, 6.45) is 0. The van der Waals surface area contributed by atoms with E-state index < -0.39 is 14.5 Å². The molecule has 0 unspecified atom stereocenters. The molecule has 0 bridgehead atoms. The van der Waals surface area contributed by atoms with Crippen molar-refractivity contribution < 1.29 is 51.6 Å². The molecule has 20 heavy (non-hydrogen) atoms. The maximum Gasteiger partial charge on any atom is 2.00 e. The van der Waals surface area contributed by atoms with Gasteiger partial charge in [0.05, 0.1) is 0 Å². The number of nitrogens with one attached hydrogen (secondary N) is 3. The van der Waals surface area contributed by atoms with Crippen molar-refractivity contribution in [3.05, 3.63) is 0 Å². The van der Waals surface area contributed by atoms with E-state index in [4.69, 9.17) is 0 Å². The van der Waals surface area contributed by atoms with Crippen molar-refractivity contribution in [3.8, 4) is 0 Å². The molecule has 1 heterocycles. The summed E-state index contributed by atoms with van der Waals surface area (Å²) in [5, 5.41) is 9.91. The molecule has 0 aromatic heterocycles. The second-order valence-electron chi connectivity index (χ2n) is 3.24. The van der Waals surface area contributed by atoms with E-state index in [2.05, 4.69) is 16.0 Å². The summed E-state index contributed by atoms with van der Waals surface area (Å²) >= 11 is 0. The van der Waals surface area contributed by atoms with Crippen LogP contribution in [-0.2, 0) is 17.1 Å². The molecule has 1 saturated heterocycles. The molecule has 1 aliphatic heterocycles. The van der Waals surface area contributed by atoms with Crippen molar-refractivity contribution in [2.24, 2.45) is 0 Å². The molecule has 0 atom stereocenters. The Morgan fingerprint density at radius 3 is 0.650 bits per heavy atom. The van der Waals surface area contributed by atoms with Gasteiger partial charge in [0.25, 0.3) is 0 Å². The van der Waals surface area contributed by atoms with E-state index in [9.17, 15) is 34.5 Å². The van der Waals surface area contributed by atoms with Crippen molar-refractivity contribution in [1.29, 1.82) is 0 Å². The monoisotopic (exact) mass is 366 g/mol. The normalized spacial score (nSPS) is 16.8. The van der Waals surface area contributed by atoms with Gasteiger partial charge in [-0.05, 0) is 0 Å². The number of rotatable bonds is 0. The maximum atomic E-state index is 9.75. The Hall–Kier alpha value is -0.0306. The molecule has 14 heteroatoms. The molecule has 3 nitrogen and oxygen atoms in total. The van der Waals surface area contributed by atoms with E-state index in [-0.39, 0.29) is 17.1 Å². The average molecular weight is 366 g/mol. The van der Waals surface area contributed by atoms with E-state index in [0.717, 1.165) is 39.3 Å². The van der Waals surface area contributed by atoms with E-state index in [1.54, 1.807) is 0 Å². The Balaban J connectivity index is -0.000000230. The van der Waals surface area contributed by atoms with Gasteiger partial charge in [0.15, 0.2) is 0 Å². The Labute approximate surface area is 122 Å². The summed E-state index contributed by atoms with van der Waals surface area (Å²) in [5.74, 6) is 0. The molecule has 3 N–H and O–H groups in total. The summed E-state index contributed by atoms with van der Waals surface area (Å²) in [4.78, 5) is 0. The summed E-state index contributed by atoms with van der Waals surface area (Å²) in [5.41, 5.74) is 0. The third kappa shape index (κ3) is 64.3. The fraction of sp³-hybridized carbons (Fsp3) is 1.00. The predicted octanol–water partition coefficient (Wildman–Crippen LogP) is 1.37. The van der Waals surface area contributed by atoms with Gasteiger partial charge in [0, 0.05) is 39.3 Å². The molecule has 0 aromatic rings. The SMILES string of the molecule is C1CNCCNCCN1.F[B-](F)(F)F.F[B-](F)(F)F.[Cu+2]. The van der Waals surface area contributed by atoms with Gasteiger partial charge in [-0.1, -0.05) is 0 Å². The fourth-order valence-corrected chi connectivity index (χ4v) is 0.905. The molecule has 1 rings (SSSR count). The third-order valence-electron chi connectivity index (χ3n) is 1.44. The van der Waals surface area contributed by atoms with Crippen molar-refractivity contribution in [2.45, 2.75) is 0 Å². The van der Waals surface area contributed by atoms with Crippen LogP contribution in [0.3, 0.4) is 0 Å². The second kappa shape index (κ2) is 13.9. The maximum absolute atomic E-state index is 9.75. The number of halogens is 8. The van der Waals surface area contributed by atoms with Crippen LogP contribution in [-0.4, -0.2) is 53.8 Å². The van der Waals surface area contributed by atoms with Crippen LogP contribution in [0.1, 0.15) is 0 Å². The van der Waals surface area contributed by atoms with Gasteiger partial charge in [-0.2, -0.15) is 0 Å². The van der Waals surface area contributed by atoms with Gasteiger partial charge in [-0.15, -0.1) is 0 Å². The zero-order valence-electron chi connectivity index (χ0n) is 10.2. The van der Waals surface area contributed by atoms with Crippen molar-refractivity contribution in [3.63, 3.8) is 0 Å². The summed E-state index contributed by atoms with van der Waals surface area (Å²) in [6.45, 7) is 6.59. The molecule has 0 spiro atoms. The van der Waals surface area contributed by atoms with Gasteiger partial charge in [-0.3, -0.25) is 0 Å². The molecule has 0 amide bonds. The van der Waals surface area contributed by atoms with Crippen molar-refractivity contribution in [1.82, 2.24) is 16.0 Å². The van der Waals surface area contributed by atoms with Gasteiger partial charge in [0.1, 0.15) is 0 Å². The smallest absolute Gasteiger partial charge is 0.418 e. The molecule has 0 aromatic carbocycles. The quantitative estimate of drug-likeness (QED) is 0.448. The van der Waals surface area contributed by atoms with Crippen molar-refractivity contribution in [2.75, 3.05) is 39.3 Å². The second-order valence-corrected chi connectivity index (χ2v) is 3.24. The Bertz CT molecular complexity index is 153. The number of hydrogen-bond acceptors (Lipinski definition) is 3. The molecule has 0 saturated carbocycles. The van der Waals surface area contributed by atoms with Gasteiger partial charge in [-0.25, -0.2) is 0 Å². The minimum absolute atomic E-state index is 0. The van der Waals surface area contributed by atoms with E-state index in [1.807, 2.05) is 0 Å². The van der Waals surface area contributed by atoms with Crippen LogP contribution in [0.5, 0.6) is 0 Å². The molecule has 1 radical (unpaired) electrons. The summed E-state index contributed by atoms with van der Waals surface area (Å²) < 4.78 is 78.0. The Kier molecular flexibility index (Phi) is 17.4. The Morgan fingerprint density at radius 2 is 0.550 bits per heavy atom. The van der Waals surface area contributed by atoms with E-state index in [0.29, 0.717) is 0 Å². The van der Waals surface area contributed by atoms with Crippen LogP contribution in [0.2, 0.25) is 0 Å². The van der Waals surface area contributed by atoms with Gasteiger partial charge < -0.3 is 50.5 Å². The summed E-state index contributed by atoms with van der Waals surface area (Å²) in [7, 11) is -12.0. The van der Waals surface area contributed by atoms with Crippen molar-refractivity contribution >= 4 is 14.5 Å². The fourth-order valence-electron chi connectivity index (χ4n) is 0.905. The van der Waals surface area contributed by atoms with Crippen LogP contribution >= 0.6 is 0 Å². The molecular formula is C6H15B2CuF8N3. The van der Waals surface area contributed by atoms with Crippen LogP contribution < -0.4 is 16.0 Å². The predicted molar refractivity (Wildman–Crippen MR) is 59.0 cm³/mol. The largest absolute Gasteiger partial charge is 2.00 e.